The summed E-state index contributed by atoms with van der Waals surface area (Å²) in [6.45, 7) is 4.06. The van der Waals surface area contributed by atoms with Gasteiger partial charge in [-0.25, -0.2) is 0 Å². The lowest BCUT2D eigenvalue weighted by atomic mass is 10.1. The Hall–Kier alpha value is -1.19. The predicted molar refractivity (Wildman–Crippen MR) is 73.6 cm³/mol. The fraction of sp³-hybridized carbons (Fsp3) is 0.533. The average molecular weight is 246 g/mol. The molecule has 1 fully saturated rings. The zero-order valence-electron chi connectivity index (χ0n) is 10.8. The third-order valence-electron chi connectivity index (χ3n) is 3.68. The van der Waals surface area contributed by atoms with Gasteiger partial charge in [0, 0.05) is 18.5 Å². The molecule has 1 unspecified atom stereocenters. The lowest BCUT2D eigenvalue weighted by Gasteiger charge is -2.14. The maximum atomic E-state index is 11.9. The van der Waals surface area contributed by atoms with E-state index in [-0.39, 0.29) is 5.78 Å². The molecule has 2 rings (SSSR count). The Morgan fingerprint density at radius 2 is 2.11 bits per heavy atom. The van der Waals surface area contributed by atoms with Crippen LogP contribution in [0.2, 0.25) is 0 Å². The molecule has 1 heterocycles. The van der Waals surface area contributed by atoms with Gasteiger partial charge in [0.15, 0.2) is 5.78 Å². The van der Waals surface area contributed by atoms with Gasteiger partial charge in [-0.3, -0.25) is 4.79 Å². The van der Waals surface area contributed by atoms with Crippen molar-refractivity contribution in [2.75, 3.05) is 26.2 Å². The lowest BCUT2D eigenvalue weighted by molar-refractivity contribution is 0.0976. The third-order valence-corrected chi connectivity index (χ3v) is 3.68. The molecule has 0 radical (unpaired) electrons. The molecule has 0 bridgehead atoms. The quantitative estimate of drug-likeness (QED) is 0.780. The summed E-state index contributed by atoms with van der Waals surface area (Å²) in [5.41, 5.74) is 6.50. The number of benzene rings is 1. The van der Waals surface area contributed by atoms with E-state index < -0.39 is 0 Å². The van der Waals surface area contributed by atoms with Gasteiger partial charge in [-0.2, -0.15) is 0 Å². The van der Waals surface area contributed by atoms with Crippen LogP contribution in [0, 0.1) is 5.92 Å². The Morgan fingerprint density at radius 3 is 2.78 bits per heavy atom. The first-order valence-electron chi connectivity index (χ1n) is 6.80. The minimum absolute atomic E-state index is 0.255. The van der Waals surface area contributed by atoms with Crippen LogP contribution >= 0.6 is 0 Å². The van der Waals surface area contributed by atoms with Gasteiger partial charge in [-0.15, -0.1) is 0 Å². The highest BCUT2D eigenvalue weighted by Crippen LogP contribution is 2.15. The van der Waals surface area contributed by atoms with Crippen molar-refractivity contribution < 1.29 is 4.79 Å². The normalized spacial score (nSPS) is 20.2. The highest BCUT2D eigenvalue weighted by molar-refractivity contribution is 5.95. The molecule has 2 N–H and O–H groups in total. The molecule has 0 spiro atoms. The number of nitrogens with two attached hydrogens (primary N) is 1. The lowest BCUT2D eigenvalue weighted by Crippen LogP contribution is -2.24. The van der Waals surface area contributed by atoms with Crippen LogP contribution in [0.25, 0.3) is 0 Å². The standard InChI is InChI=1S/C15H22N2O/c16-11-13-8-10-17(12-13)9-4-7-15(18)14-5-2-1-3-6-14/h1-3,5-6,13H,4,7-12,16H2. The second-order valence-corrected chi connectivity index (χ2v) is 5.08. The molecular weight excluding hydrogens is 224 g/mol. The van der Waals surface area contributed by atoms with Crippen LogP contribution in [-0.2, 0) is 0 Å². The van der Waals surface area contributed by atoms with E-state index in [4.69, 9.17) is 5.73 Å². The molecule has 0 aliphatic carbocycles. The van der Waals surface area contributed by atoms with Crippen molar-refractivity contribution in [3.8, 4) is 0 Å². The van der Waals surface area contributed by atoms with Crippen LogP contribution in [0.1, 0.15) is 29.6 Å². The Labute approximate surface area is 109 Å². The van der Waals surface area contributed by atoms with Crippen molar-refractivity contribution in [2.24, 2.45) is 11.7 Å². The zero-order chi connectivity index (χ0) is 12.8. The van der Waals surface area contributed by atoms with Crippen molar-refractivity contribution in [1.29, 1.82) is 0 Å². The van der Waals surface area contributed by atoms with Crippen LogP contribution < -0.4 is 5.73 Å². The first kappa shape index (κ1) is 13.2. The van der Waals surface area contributed by atoms with Crippen LogP contribution in [0.4, 0.5) is 0 Å². The van der Waals surface area contributed by atoms with Crippen molar-refractivity contribution in [3.63, 3.8) is 0 Å². The number of hydrogen-bond acceptors (Lipinski definition) is 3. The maximum absolute atomic E-state index is 11.9. The Bertz CT molecular complexity index is 377. The summed E-state index contributed by atoms with van der Waals surface area (Å²) in [6.07, 6.45) is 2.81. The predicted octanol–water partition coefficient (Wildman–Crippen LogP) is 1.93. The van der Waals surface area contributed by atoms with Gasteiger partial charge in [0.1, 0.15) is 0 Å². The number of carbonyl (C=O) groups excluding carboxylic acids is 1. The Kier molecular flexibility index (Phi) is 4.90. The minimum atomic E-state index is 0.255. The van der Waals surface area contributed by atoms with E-state index in [1.54, 1.807) is 0 Å². The van der Waals surface area contributed by atoms with Crippen molar-refractivity contribution >= 4 is 5.78 Å². The van der Waals surface area contributed by atoms with Gasteiger partial charge in [0.2, 0.25) is 0 Å². The molecule has 1 aromatic carbocycles. The van der Waals surface area contributed by atoms with E-state index in [1.807, 2.05) is 30.3 Å². The van der Waals surface area contributed by atoms with Gasteiger partial charge in [0.05, 0.1) is 0 Å². The van der Waals surface area contributed by atoms with Gasteiger partial charge < -0.3 is 10.6 Å². The smallest absolute Gasteiger partial charge is 0.162 e. The second kappa shape index (κ2) is 6.66. The summed E-state index contributed by atoms with van der Waals surface area (Å²) in [6, 6.07) is 9.55. The number of rotatable bonds is 6. The largest absolute Gasteiger partial charge is 0.330 e. The summed E-state index contributed by atoms with van der Waals surface area (Å²) in [4.78, 5) is 14.3. The maximum Gasteiger partial charge on any atom is 0.162 e. The molecular formula is C15H22N2O. The van der Waals surface area contributed by atoms with E-state index >= 15 is 0 Å². The minimum Gasteiger partial charge on any atom is -0.330 e. The van der Waals surface area contributed by atoms with Crippen LogP contribution in [0.15, 0.2) is 30.3 Å². The van der Waals surface area contributed by atoms with Gasteiger partial charge >= 0.3 is 0 Å². The summed E-state index contributed by atoms with van der Waals surface area (Å²) in [7, 11) is 0. The van der Waals surface area contributed by atoms with Crippen LogP contribution in [0.3, 0.4) is 0 Å². The monoisotopic (exact) mass is 246 g/mol. The van der Waals surface area contributed by atoms with Gasteiger partial charge in [-0.1, -0.05) is 30.3 Å². The molecule has 98 valence electrons. The number of hydrogen-bond donors (Lipinski definition) is 1. The van der Waals surface area contributed by atoms with E-state index in [0.717, 1.165) is 38.2 Å². The molecule has 0 saturated carbocycles. The second-order valence-electron chi connectivity index (χ2n) is 5.08. The molecule has 1 aromatic rings. The van der Waals surface area contributed by atoms with E-state index in [0.29, 0.717) is 12.3 Å². The SMILES string of the molecule is NCC1CCN(CCCC(=O)c2ccccc2)C1. The molecule has 1 aliphatic heterocycles. The fourth-order valence-corrected chi connectivity index (χ4v) is 2.54. The van der Waals surface area contributed by atoms with Crippen molar-refractivity contribution in [3.05, 3.63) is 35.9 Å². The number of ketones is 1. The van der Waals surface area contributed by atoms with Gasteiger partial charge in [0.25, 0.3) is 0 Å². The third kappa shape index (κ3) is 3.65. The van der Waals surface area contributed by atoms with E-state index in [1.165, 1.54) is 6.42 Å². The molecule has 0 aromatic heterocycles. The average Bonchev–Trinajstić information content (AvgIpc) is 2.87. The highest BCUT2D eigenvalue weighted by Gasteiger charge is 2.20. The molecule has 18 heavy (non-hydrogen) atoms. The summed E-state index contributed by atoms with van der Waals surface area (Å²) >= 11 is 0. The first-order chi connectivity index (χ1) is 8.79. The van der Waals surface area contributed by atoms with E-state index in [9.17, 15) is 4.79 Å². The zero-order valence-corrected chi connectivity index (χ0v) is 10.8. The molecule has 1 atom stereocenters. The number of carbonyl (C=O) groups is 1. The van der Waals surface area contributed by atoms with Crippen LogP contribution in [0.5, 0.6) is 0 Å². The first-order valence-corrected chi connectivity index (χ1v) is 6.80. The van der Waals surface area contributed by atoms with Gasteiger partial charge in [-0.05, 0) is 38.4 Å². The summed E-state index contributed by atoms with van der Waals surface area (Å²) in [5, 5.41) is 0. The number of nitrogens with zero attached hydrogens (tertiary/aromatic N) is 1. The van der Waals surface area contributed by atoms with Crippen molar-refractivity contribution in [1.82, 2.24) is 4.90 Å². The molecule has 1 saturated heterocycles. The fourth-order valence-electron chi connectivity index (χ4n) is 2.54. The molecule has 0 amide bonds. The molecule has 3 heteroatoms. The number of Topliss-reactive ketones (excluding diaryl/α,β-unsaturated/α-hetero) is 1. The number of likely N-dealkylation sites (tertiary alicyclic amines) is 1. The summed E-state index contributed by atoms with van der Waals surface area (Å²) in [5.74, 6) is 0.917. The van der Waals surface area contributed by atoms with E-state index in [2.05, 4.69) is 4.90 Å². The summed E-state index contributed by atoms with van der Waals surface area (Å²) < 4.78 is 0. The topological polar surface area (TPSA) is 46.3 Å². The molecule has 1 aliphatic rings. The van der Waals surface area contributed by atoms with Crippen LogP contribution in [-0.4, -0.2) is 36.9 Å². The highest BCUT2D eigenvalue weighted by atomic mass is 16.1. The van der Waals surface area contributed by atoms with Crippen molar-refractivity contribution in [2.45, 2.75) is 19.3 Å². The Balaban J connectivity index is 1.68. The Morgan fingerprint density at radius 1 is 1.33 bits per heavy atom. The molecule has 3 nitrogen and oxygen atoms in total.